The number of hydroxylamine groups is 3. The van der Waals surface area contributed by atoms with Crippen LogP contribution in [0.25, 0.3) is 0 Å². The third-order valence-corrected chi connectivity index (χ3v) is 10.0. The van der Waals surface area contributed by atoms with E-state index in [2.05, 4.69) is 26.6 Å². The maximum Gasteiger partial charge on any atom is 0.333 e. The Balaban J connectivity index is 1.38. The van der Waals surface area contributed by atoms with Gasteiger partial charge >= 0.3 is 12.0 Å². The summed E-state index contributed by atoms with van der Waals surface area (Å²) in [5, 5.41) is 24.5. The fourth-order valence-electron chi connectivity index (χ4n) is 6.52. The summed E-state index contributed by atoms with van der Waals surface area (Å²) in [5.41, 5.74) is 8.68. The second-order valence-corrected chi connectivity index (χ2v) is 15.7. The number of hydrogen-bond acceptors (Lipinski definition) is 11. The van der Waals surface area contributed by atoms with E-state index in [1.54, 1.807) is 38.1 Å². The SMILES string of the molecule is CC(C)C(NC(=O)CCCCCC(=O)ON1C(=O)CCC1=O)C(=O)NC(CCCNC(N)=O)C(=O)Nc1ccc(CO[NH2+]C(O)CCCCCCC(=O)NC2=CCCC=C2)cc1. The van der Waals surface area contributed by atoms with Gasteiger partial charge < -0.3 is 42.3 Å². The average molecular weight is 870 g/mol. The number of nitrogens with two attached hydrogens (primary N) is 2. The van der Waals surface area contributed by atoms with E-state index in [4.69, 9.17) is 15.4 Å². The molecule has 10 N–H and O–H groups in total. The number of anilines is 1. The van der Waals surface area contributed by atoms with E-state index in [1.807, 2.05) is 18.2 Å². The largest absolute Gasteiger partial charge is 0.352 e. The lowest BCUT2D eigenvalue weighted by atomic mass is 10.0. The van der Waals surface area contributed by atoms with Crippen LogP contribution in [-0.2, 0) is 49.8 Å². The third kappa shape index (κ3) is 20.3. The molecule has 62 heavy (non-hydrogen) atoms. The van der Waals surface area contributed by atoms with Gasteiger partial charge in [0.05, 0.1) is 0 Å². The van der Waals surface area contributed by atoms with Crippen molar-refractivity contribution in [3.05, 3.63) is 53.8 Å². The molecule has 1 aromatic rings. The van der Waals surface area contributed by atoms with E-state index in [-0.39, 0.29) is 57.1 Å². The van der Waals surface area contributed by atoms with Gasteiger partial charge in [-0.05, 0) is 81.1 Å². The van der Waals surface area contributed by atoms with Crippen LogP contribution in [-0.4, -0.2) is 82.5 Å². The molecule has 1 fully saturated rings. The Kier molecular flexibility index (Phi) is 22.9. The van der Waals surface area contributed by atoms with E-state index in [1.165, 1.54) is 5.48 Å². The van der Waals surface area contributed by atoms with E-state index in [0.29, 0.717) is 49.3 Å². The van der Waals surface area contributed by atoms with Crippen LogP contribution in [0.4, 0.5) is 10.5 Å². The molecule has 19 nitrogen and oxygen atoms in total. The van der Waals surface area contributed by atoms with Crippen molar-refractivity contribution in [2.45, 2.75) is 148 Å². The summed E-state index contributed by atoms with van der Waals surface area (Å²) < 4.78 is 0. The molecule has 0 saturated carbocycles. The van der Waals surface area contributed by atoms with Gasteiger partial charge in [-0.15, -0.1) is 5.06 Å². The van der Waals surface area contributed by atoms with Gasteiger partial charge in [0, 0.05) is 56.5 Å². The molecule has 19 heteroatoms. The van der Waals surface area contributed by atoms with Crippen molar-refractivity contribution in [2.75, 3.05) is 11.9 Å². The topological polar surface area (TPSA) is 281 Å². The van der Waals surface area contributed by atoms with Gasteiger partial charge in [0.2, 0.25) is 29.9 Å². The first-order valence-corrected chi connectivity index (χ1v) is 21.6. The summed E-state index contributed by atoms with van der Waals surface area (Å²) in [6.07, 6.45) is 13.3. The summed E-state index contributed by atoms with van der Waals surface area (Å²) in [7, 11) is 0. The summed E-state index contributed by atoms with van der Waals surface area (Å²) in [6.45, 7) is 3.87. The highest BCUT2D eigenvalue weighted by atomic mass is 16.7. The zero-order chi connectivity index (χ0) is 45.3. The number of carbonyl (C=O) groups is 8. The van der Waals surface area contributed by atoms with Crippen molar-refractivity contribution >= 4 is 53.1 Å². The molecule has 0 aromatic heterocycles. The van der Waals surface area contributed by atoms with Crippen molar-refractivity contribution in [3.63, 3.8) is 0 Å². The molecule has 1 saturated heterocycles. The number of aliphatic hydroxyl groups is 1. The molecule has 2 aliphatic rings. The van der Waals surface area contributed by atoms with Crippen LogP contribution >= 0.6 is 0 Å². The number of urea groups is 1. The first-order valence-electron chi connectivity index (χ1n) is 21.6. The van der Waals surface area contributed by atoms with Gasteiger partial charge in [-0.2, -0.15) is 10.3 Å². The zero-order valence-corrected chi connectivity index (χ0v) is 35.9. The molecule has 0 radical (unpaired) electrons. The highest BCUT2D eigenvalue weighted by Gasteiger charge is 2.33. The minimum absolute atomic E-state index is 0.00388. The molecule has 1 aromatic carbocycles. The van der Waals surface area contributed by atoms with Crippen LogP contribution in [0.15, 0.2) is 48.2 Å². The lowest BCUT2D eigenvalue weighted by molar-refractivity contribution is -0.942. The van der Waals surface area contributed by atoms with Crippen molar-refractivity contribution in [1.82, 2.24) is 26.3 Å². The summed E-state index contributed by atoms with van der Waals surface area (Å²) in [5.74, 6) is -3.63. The number of allylic oxidation sites excluding steroid dienone is 3. The number of nitrogens with one attached hydrogen (secondary N) is 5. The number of aliphatic hydroxyl groups excluding tert-OH is 1. The Morgan fingerprint density at radius 1 is 0.790 bits per heavy atom. The van der Waals surface area contributed by atoms with Crippen molar-refractivity contribution in [2.24, 2.45) is 11.7 Å². The van der Waals surface area contributed by atoms with Crippen LogP contribution in [0.1, 0.15) is 129 Å². The van der Waals surface area contributed by atoms with Gasteiger partial charge in [0.1, 0.15) is 18.7 Å². The van der Waals surface area contributed by atoms with Gasteiger partial charge in [-0.25, -0.2) is 9.59 Å². The monoisotopic (exact) mass is 869 g/mol. The first-order chi connectivity index (χ1) is 29.7. The number of primary amides is 1. The quantitative estimate of drug-likeness (QED) is 0.0250. The minimum atomic E-state index is -1.03. The molecular weight excluding hydrogens is 805 g/mol. The predicted molar refractivity (Wildman–Crippen MR) is 226 cm³/mol. The Hall–Kier alpha value is -5.66. The van der Waals surface area contributed by atoms with Crippen LogP contribution in [0.2, 0.25) is 0 Å². The lowest BCUT2D eigenvalue weighted by Crippen LogP contribution is -2.89. The Bertz CT molecular complexity index is 1720. The molecule has 1 aliphatic heterocycles. The number of imide groups is 1. The molecule has 1 heterocycles. The van der Waals surface area contributed by atoms with Crippen molar-refractivity contribution in [3.8, 4) is 0 Å². The van der Waals surface area contributed by atoms with E-state index in [0.717, 1.165) is 49.8 Å². The Morgan fingerprint density at radius 2 is 1.45 bits per heavy atom. The maximum absolute atomic E-state index is 13.5. The Labute approximate surface area is 362 Å². The minimum Gasteiger partial charge on any atom is -0.352 e. The molecule has 3 rings (SSSR count). The molecule has 3 atom stereocenters. The molecule has 0 bridgehead atoms. The second kappa shape index (κ2) is 28.0. The number of rotatable bonds is 29. The van der Waals surface area contributed by atoms with E-state index < -0.39 is 59.8 Å². The van der Waals surface area contributed by atoms with Crippen LogP contribution in [0, 0.1) is 5.92 Å². The normalized spacial score (nSPS) is 15.0. The van der Waals surface area contributed by atoms with Crippen LogP contribution in [0.3, 0.4) is 0 Å². The molecule has 3 unspecified atom stereocenters. The highest BCUT2D eigenvalue weighted by Crippen LogP contribution is 2.16. The zero-order valence-electron chi connectivity index (χ0n) is 35.9. The number of unbranched alkanes of at least 4 members (excludes halogenated alkanes) is 5. The maximum atomic E-state index is 13.5. The number of quaternary nitrogens is 1. The van der Waals surface area contributed by atoms with E-state index in [9.17, 15) is 43.5 Å². The number of benzene rings is 1. The fraction of sp³-hybridized carbons (Fsp3) is 0.581. The van der Waals surface area contributed by atoms with Gasteiger partial charge in [-0.3, -0.25) is 28.8 Å². The van der Waals surface area contributed by atoms with Gasteiger partial charge in [-0.1, -0.05) is 57.4 Å². The Morgan fingerprint density at radius 3 is 2.11 bits per heavy atom. The molecule has 1 aliphatic carbocycles. The summed E-state index contributed by atoms with van der Waals surface area (Å²) in [4.78, 5) is 109. The number of nitrogens with zero attached hydrogens (tertiary/aromatic N) is 1. The summed E-state index contributed by atoms with van der Waals surface area (Å²) >= 11 is 0. The standard InChI is InChI=1S/C43H64N8O11/c1-29(2)40(49-35(53)18-11-6-12-20-39(57)62-51-37(55)25-26-38(51)56)42(59)48-33(16-13-27-45-43(44)60)41(58)47-32-23-21-30(22-24-32)28-61-50-36(54)19-10-4-3-9-17-34(52)46-31-14-7-5-8-15-31/h7,14-15,21-24,29,33,36,40,50,54H,3-6,8-13,16-20,25-28H2,1-2H3,(H,46,52)(H,47,58)(H,48,59)(H,49,53)(H3,44,45,60)/p+1. The van der Waals surface area contributed by atoms with Crippen LogP contribution < -0.4 is 37.8 Å². The third-order valence-electron chi connectivity index (χ3n) is 10.0. The van der Waals surface area contributed by atoms with Crippen molar-refractivity contribution in [1.29, 1.82) is 0 Å². The first kappa shape index (κ1) is 50.7. The van der Waals surface area contributed by atoms with Crippen molar-refractivity contribution < 1.29 is 58.6 Å². The smallest absolute Gasteiger partial charge is 0.333 e. The number of carbonyl (C=O) groups excluding carboxylic acids is 8. The average Bonchev–Trinajstić information content (AvgIpc) is 3.54. The molecular formula is C43H65N8O11+. The van der Waals surface area contributed by atoms with Gasteiger partial charge in [0.25, 0.3) is 11.8 Å². The molecule has 342 valence electrons. The van der Waals surface area contributed by atoms with Gasteiger partial charge in [0.15, 0.2) is 0 Å². The second-order valence-electron chi connectivity index (χ2n) is 15.7. The number of hydrogen-bond donors (Lipinski definition) is 8. The molecule has 0 spiro atoms. The summed E-state index contributed by atoms with van der Waals surface area (Å²) in [6, 6.07) is 4.16. The van der Waals surface area contributed by atoms with Crippen LogP contribution in [0.5, 0.6) is 0 Å². The lowest BCUT2D eigenvalue weighted by Gasteiger charge is -2.25. The number of amides is 8. The fourth-order valence-corrected chi connectivity index (χ4v) is 6.52. The molecule has 8 amide bonds. The van der Waals surface area contributed by atoms with E-state index >= 15 is 0 Å². The predicted octanol–water partition coefficient (Wildman–Crippen LogP) is 2.26. The highest BCUT2D eigenvalue weighted by molar-refractivity contribution is 6.01.